The molecule has 2 fully saturated rings. The van der Waals surface area contributed by atoms with Crippen molar-refractivity contribution in [3.63, 3.8) is 0 Å². The van der Waals surface area contributed by atoms with E-state index in [0.717, 1.165) is 65.0 Å². The first-order valence-electron chi connectivity index (χ1n) is 22.0. The first kappa shape index (κ1) is 46.4. The molecule has 3 aromatic rings. The van der Waals surface area contributed by atoms with Crippen LogP contribution in [0.1, 0.15) is 96.5 Å². The molecule has 0 saturated carbocycles. The number of H-pyrrole nitrogens is 1. The summed E-state index contributed by atoms with van der Waals surface area (Å²) in [7, 11) is 2.58. The number of rotatable bonds is 14. The van der Waals surface area contributed by atoms with Crippen molar-refractivity contribution in [2.45, 2.75) is 109 Å². The van der Waals surface area contributed by atoms with Gasteiger partial charge >= 0.3 is 12.2 Å². The van der Waals surface area contributed by atoms with Crippen molar-refractivity contribution < 1.29 is 33.0 Å². The van der Waals surface area contributed by atoms with Gasteiger partial charge in [0.1, 0.15) is 23.6 Å². The first-order valence-corrected chi connectivity index (χ1v) is 23.2. The number of nitrogens with one attached hydrogen (secondary N) is 3. The fraction of sp³-hybridized carbons (Fsp3) is 0.521. The maximum absolute atomic E-state index is 15.9. The number of ether oxygens (including phenoxy) is 2. The summed E-state index contributed by atoms with van der Waals surface area (Å²) in [5.74, 6) is -0.959. The van der Waals surface area contributed by atoms with Crippen LogP contribution in [0.4, 0.5) is 14.0 Å². The number of carbonyl (C=O) groups excluding carboxylic acids is 4. The normalized spacial score (nSPS) is 21.3. The number of halogens is 1. The summed E-state index contributed by atoms with van der Waals surface area (Å²) in [5, 5.41) is 5.73. The van der Waals surface area contributed by atoms with Crippen molar-refractivity contribution in [3.05, 3.63) is 77.2 Å². The van der Waals surface area contributed by atoms with Gasteiger partial charge in [-0.15, -0.1) is 0 Å². The van der Waals surface area contributed by atoms with Crippen LogP contribution in [-0.4, -0.2) is 101 Å². The van der Waals surface area contributed by atoms with Crippen molar-refractivity contribution in [2.24, 2.45) is 22.7 Å². The summed E-state index contributed by atoms with van der Waals surface area (Å²) >= 11 is 1.75. The molecule has 6 unspecified atom stereocenters. The van der Waals surface area contributed by atoms with Gasteiger partial charge < -0.3 is 34.9 Å². The summed E-state index contributed by atoms with van der Waals surface area (Å²) in [6.07, 6.45) is 4.83. The summed E-state index contributed by atoms with van der Waals surface area (Å²) in [4.78, 5) is 64.6. The van der Waals surface area contributed by atoms with E-state index in [0.29, 0.717) is 30.8 Å². The minimum atomic E-state index is -0.746. The fourth-order valence-corrected chi connectivity index (χ4v) is 9.81. The predicted molar refractivity (Wildman–Crippen MR) is 244 cm³/mol. The summed E-state index contributed by atoms with van der Waals surface area (Å²) in [6.45, 7) is 12.9. The Bertz CT molecular complexity index is 2150. The third-order valence-corrected chi connectivity index (χ3v) is 13.7. The van der Waals surface area contributed by atoms with Gasteiger partial charge in [-0.1, -0.05) is 90.1 Å². The van der Waals surface area contributed by atoms with Gasteiger partial charge in [0, 0.05) is 53.3 Å². The second-order valence-corrected chi connectivity index (χ2v) is 18.4. The number of likely N-dealkylation sites (tertiary alicyclic amines) is 2. The second kappa shape index (κ2) is 20.4. The van der Waals surface area contributed by atoms with Crippen LogP contribution >= 0.6 is 11.8 Å². The highest BCUT2D eigenvalue weighted by Crippen LogP contribution is 2.41. The van der Waals surface area contributed by atoms with Gasteiger partial charge in [0.15, 0.2) is 0 Å². The number of aromatic amines is 1. The SMILES string of the molecule is CCc1cc(-c2ccc(-c3ccc(C4=C(F)CC(CC)C(C5CCCN5C(=O)C(NC(=O)OC)C(C)C)=N4)cc3)cc2)[nH]c1C1CC(SC)CN1C(=O)C(NC(=O)OC)C(C)C. The molecule has 6 rings (SSSR count). The molecule has 3 aliphatic rings. The zero-order valence-corrected chi connectivity index (χ0v) is 38.4. The Morgan fingerprint density at radius 3 is 1.90 bits per heavy atom. The number of nitrogens with zero attached hydrogens (tertiary/aromatic N) is 3. The number of methoxy groups -OCH3 is 2. The number of amides is 4. The van der Waals surface area contributed by atoms with Crippen LogP contribution in [0.2, 0.25) is 0 Å². The molecular formula is C48H63FN6O6S. The Labute approximate surface area is 369 Å². The molecule has 1 aromatic heterocycles. The zero-order chi connectivity index (χ0) is 44.8. The van der Waals surface area contributed by atoms with E-state index in [9.17, 15) is 19.2 Å². The van der Waals surface area contributed by atoms with Gasteiger partial charge in [-0.2, -0.15) is 11.8 Å². The Hall–Kier alpha value is -5.11. The van der Waals surface area contributed by atoms with E-state index in [2.05, 4.69) is 59.1 Å². The Kier molecular flexibility index (Phi) is 15.3. The van der Waals surface area contributed by atoms with E-state index in [4.69, 9.17) is 14.5 Å². The molecule has 6 atom stereocenters. The van der Waals surface area contributed by atoms with Crippen LogP contribution in [0.15, 0.2) is 65.4 Å². The van der Waals surface area contributed by atoms with Gasteiger partial charge in [0.05, 0.1) is 26.3 Å². The number of aromatic nitrogens is 1. The number of benzene rings is 2. The number of thioether (sulfide) groups is 1. The molecule has 3 N–H and O–H groups in total. The molecule has 14 heteroatoms. The molecule has 0 radical (unpaired) electrons. The van der Waals surface area contributed by atoms with E-state index in [1.54, 1.807) is 11.8 Å². The number of allylic oxidation sites excluding steroid dienone is 1. The maximum atomic E-state index is 15.9. The lowest BCUT2D eigenvalue weighted by atomic mass is 9.86. The highest BCUT2D eigenvalue weighted by Gasteiger charge is 2.43. The van der Waals surface area contributed by atoms with E-state index in [1.165, 1.54) is 14.2 Å². The predicted octanol–water partition coefficient (Wildman–Crippen LogP) is 9.18. The minimum Gasteiger partial charge on any atom is -0.453 e. The van der Waals surface area contributed by atoms with Crippen molar-refractivity contribution in [1.29, 1.82) is 0 Å². The van der Waals surface area contributed by atoms with Crippen LogP contribution in [0.3, 0.4) is 0 Å². The molecular weight excluding hydrogens is 808 g/mol. The lowest BCUT2D eigenvalue weighted by Gasteiger charge is -2.35. The van der Waals surface area contributed by atoms with Gasteiger partial charge in [-0.05, 0) is 78.5 Å². The third-order valence-electron chi connectivity index (χ3n) is 12.7. The van der Waals surface area contributed by atoms with Crippen molar-refractivity contribution in [2.75, 3.05) is 33.6 Å². The average molecular weight is 871 g/mol. The number of aliphatic imine (C=N–C) groups is 1. The van der Waals surface area contributed by atoms with E-state index < -0.39 is 24.3 Å². The summed E-state index contributed by atoms with van der Waals surface area (Å²) < 4.78 is 25.5. The standard InChI is InChI=1S/C48H63FN6O6S/c1-10-29-23-36(49)42(51-43(29)38-13-12-22-54(38)45(56)40(27(3)4)52-47(58)60-7)34-20-16-32(17-21-34)31-14-18-33(19-15-31)37-24-30(11-2)44(50-37)39-25-35(62-9)26-55(39)46(57)41(28(5)6)53-48(59)61-8/h14-21,24,27-29,35,38-41,50H,10-13,22-23,25-26H2,1-9H3,(H,52,58)(H,53,59). The van der Waals surface area contributed by atoms with E-state index in [1.807, 2.05) is 68.7 Å². The van der Waals surface area contributed by atoms with Crippen LogP contribution in [-0.2, 0) is 25.5 Å². The topological polar surface area (TPSA) is 145 Å². The quantitative estimate of drug-likeness (QED) is 0.147. The monoisotopic (exact) mass is 870 g/mol. The Morgan fingerprint density at radius 2 is 1.39 bits per heavy atom. The smallest absolute Gasteiger partial charge is 0.407 e. The van der Waals surface area contributed by atoms with Crippen LogP contribution in [0, 0.1) is 17.8 Å². The molecule has 334 valence electrons. The highest BCUT2D eigenvalue weighted by molar-refractivity contribution is 7.99. The largest absolute Gasteiger partial charge is 0.453 e. The van der Waals surface area contributed by atoms with Crippen LogP contribution < -0.4 is 10.6 Å². The minimum absolute atomic E-state index is 0.112. The third kappa shape index (κ3) is 9.90. The van der Waals surface area contributed by atoms with Gasteiger partial charge in [-0.3, -0.25) is 14.6 Å². The van der Waals surface area contributed by atoms with Crippen molar-refractivity contribution in [3.8, 4) is 22.4 Å². The van der Waals surface area contributed by atoms with E-state index in [-0.39, 0.29) is 59.1 Å². The highest BCUT2D eigenvalue weighted by atomic mass is 32.2. The molecule has 0 spiro atoms. The average Bonchev–Trinajstić information content (AvgIpc) is 4.05. The maximum Gasteiger partial charge on any atom is 0.407 e. The molecule has 62 heavy (non-hydrogen) atoms. The first-order chi connectivity index (χ1) is 29.7. The van der Waals surface area contributed by atoms with Crippen LogP contribution in [0.25, 0.3) is 28.1 Å². The molecule has 2 saturated heterocycles. The van der Waals surface area contributed by atoms with Crippen molar-refractivity contribution in [1.82, 2.24) is 25.4 Å². The lowest BCUT2D eigenvalue weighted by Crippen LogP contribution is -2.54. The van der Waals surface area contributed by atoms with Crippen LogP contribution in [0.5, 0.6) is 0 Å². The van der Waals surface area contributed by atoms with Gasteiger partial charge in [0.25, 0.3) is 0 Å². The molecule has 0 aliphatic carbocycles. The summed E-state index contributed by atoms with van der Waals surface area (Å²) in [6, 6.07) is 16.4. The molecule has 2 aromatic carbocycles. The molecule has 4 heterocycles. The number of hydrogen-bond donors (Lipinski definition) is 3. The lowest BCUT2D eigenvalue weighted by molar-refractivity contribution is -0.135. The van der Waals surface area contributed by atoms with E-state index >= 15 is 4.39 Å². The number of hydrogen-bond acceptors (Lipinski definition) is 8. The Morgan fingerprint density at radius 1 is 0.839 bits per heavy atom. The fourth-order valence-electron chi connectivity index (χ4n) is 9.12. The molecule has 12 nitrogen and oxygen atoms in total. The molecule has 3 aliphatic heterocycles. The van der Waals surface area contributed by atoms with Gasteiger partial charge in [0.2, 0.25) is 11.8 Å². The summed E-state index contributed by atoms with van der Waals surface area (Å²) in [5.41, 5.74) is 7.93. The molecule has 4 amide bonds. The van der Waals surface area contributed by atoms with Gasteiger partial charge in [-0.25, -0.2) is 14.0 Å². The number of alkyl carbamates (subject to hydrolysis) is 2. The number of aryl methyl sites for hydroxylation is 1. The molecule has 0 bridgehead atoms. The number of carbonyl (C=O) groups is 4. The second-order valence-electron chi connectivity index (χ2n) is 17.2. The van der Waals surface area contributed by atoms with Crippen molar-refractivity contribution >= 4 is 47.2 Å². The zero-order valence-electron chi connectivity index (χ0n) is 37.5. The Balaban J connectivity index is 1.21.